The fourth-order valence-electron chi connectivity index (χ4n) is 2.26. The van der Waals surface area contributed by atoms with Crippen molar-refractivity contribution in [3.63, 3.8) is 0 Å². The Morgan fingerprint density at radius 1 is 1.35 bits per heavy atom. The van der Waals surface area contributed by atoms with Crippen LogP contribution in [0.4, 0.5) is 0 Å². The largest absolute Gasteiger partial charge is 0.493 e. The van der Waals surface area contributed by atoms with Crippen molar-refractivity contribution in [2.24, 2.45) is 9.98 Å². The molecule has 0 unspecified atom stereocenters. The molecule has 2 aliphatic rings. The topological polar surface area (TPSA) is 63.0 Å². The molecule has 5 nitrogen and oxygen atoms in total. The van der Waals surface area contributed by atoms with E-state index in [-0.39, 0.29) is 18.3 Å². The van der Waals surface area contributed by atoms with E-state index in [2.05, 4.69) is 22.2 Å². The van der Waals surface area contributed by atoms with Gasteiger partial charge in [0.15, 0.2) is 11.5 Å². The zero-order chi connectivity index (χ0) is 15.5. The van der Waals surface area contributed by atoms with Crippen molar-refractivity contribution < 1.29 is 9.53 Å². The summed E-state index contributed by atoms with van der Waals surface area (Å²) in [6.07, 6.45) is 4.82. The van der Waals surface area contributed by atoms with Crippen molar-refractivity contribution in [3.8, 4) is 5.75 Å². The van der Waals surface area contributed by atoms with Gasteiger partial charge in [-0.1, -0.05) is 6.92 Å². The molecule has 0 aromatic heterocycles. The number of nitrogens with one attached hydrogen (secondary N) is 1. The molecule has 2 aliphatic heterocycles. The molecule has 0 bridgehead atoms. The number of rotatable bonds is 5. The van der Waals surface area contributed by atoms with E-state index in [0.29, 0.717) is 30.4 Å². The van der Waals surface area contributed by atoms with Gasteiger partial charge in [0.25, 0.3) is 5.91 Å². The predicted octanol–water partition coefficient (Wildman–Crippen LogP) is 2.83. The van der Waals surface area contributed by atoms with Crippen LogP contribution in [0, 0.1) is 0 Å². The number of carbonyl (C=O) groups is 1. The third kappa shape index (κ3) is 3.59. The average molecular weight is 352 g/mol. The summed E-state index contributed by atoms with van der Waals surface area (Å²) >= 11 is 1.66. The zero-order valence-corrected chi connectivity index (χ0v) is 14.6. The van der Waals surface area contributed by atoms with Crippen LogP contribution in [0.3, 0.4) is 0 Å². The van der Waals surface area contributed by atoms with Crippen LogP contribution in [0.25, 0.3) is 0 Å². The first-order chi connectivity index (χ1) is 10.7. The molecule has 7 heteroatoms. The summed E-state index contributed by atoms with van der Waals surface area (Å²) in [6, 6.07) is 5.96. The summed E-state index contributed by atoms with van der Waals surface area (Å²) in [5.74, 6) is 1.13. The molecule has 0 atom stereocenters. The highest BCUT2D eigenvalue weighted by molar-refractivity contribution is 7.98. The number of aliphatic imine (C=N–C) groups is 2. The first kappa shape index (κ1) is 17.6. The summed E-state index contributed by atoms with van der Waals surface area (Å²) in [4.78, 5) is 21.8. The first-order valence-electron chi connectivity index (χ1n) is 7.20. The number of fused-ring (bicyclic) bond motifs is 1. The van der Waals surface area contributed by atoms with Gasteiger partial charge in [0.2, 0.25) is 0 Å². The van der Waals surface area contributed by atoms with Crippen LogP contribution in [0.1, 0.15) is 18.9 Å². The summed E-state index contributed by atoms with van der Waals surface area (Å²) in [5.41, 5.74) is 1.85. The second-order valence-electron chi connectivity index (χ2n) is 4.91. The van der Waals surface area contributed by atoms with Crippen molar-refractivity contribution in [2.45, 2.75) is 18.2 Å². The number of thioether (sulfide) groups is 1. The molecule has 0 spiro atoms. The summed E-state index contributed by atoms with van der Waals surface area (Å²) < 4.78 is 5.84. The number of ether oxygens (including phenoxy) is 1. The molecule has 122 valence electrons. The van der Waals surface area contributed by atoms with Crippen molar-refractivity contribution in [2.75, 3.05) is 19.4 Å². The molecular weight excluding hydrogens is 334 g/mol. The minimum atomic E-state index is -0.173. The Morgan fingerprint density at radius 2 is 2.17 bits per heavy atom. The molecule has 0 radical (unpaired) electrons. The van der Waals surface area contributed by atoms with Gasteiger partial charge in [-0.25, -0.2) is 9.98 Å². The van der Waals surface area contributed by atoms with E-state index in [0.717, 1.165) is 22.6 Å². The van der Waals surface area contributed by atoms with Gasteiger partial charge in [0.1, 0.15) is 5.75 Å². The van der Waals surface area contributed by atoms with E-state index in [4.69, 9.17) is 4.74 Å². The lowest BCUT2D eigenvalue weighted by molar-refractivity contribution is -0.114. The maximum Gasteiger partial charge on any atom is 0.272 e. The molecule has 1 amide bonds. The SMILES string of the molecule is CCCOc1cc(SC)ccc1C1=NC2=CCNC(=O)C2=N1.Cl. The van der Waals surface area contributed by atoms with Crippen LogP contribution in [-0.4, -0.2) is 36.9 Å². The lowest BCUT2D eigenvalue weighted by Crippen LogP contribution is -2.35. The van der Waals surface area contributed by atoms with Gasteiger partial charge >= 0.3 is 0 Å². The predicted molar refractivity (Wildman–Crippen MR) is 96.3 cm³/mol. The third-order valence-electron chi connectivity index (χ3n) is 3.35. The molecule has 0 fully saturated rings. The quantitative estimate of drug-likeness (QED) is 0.830. The summed E-state index contributed by atoms with van der Waals surface area (Å²) in [6.45, 7) is 3.20. The second-order valence-corrected chi connectivity index (χ2v) is 5.79. The smallest absolute Gasteiger partial charge is 0.272 e. The van der Waals surface area contributed by atoms with Crippen molar-refractivity contribution >= 4 is 41.6 Å². The van der Waals surface area contributed by atoms with Crippen LogP contribution >= 0.6 is 24.2 Å². The number of nitrogens with zero attached hydrogens (tertiary/aromatic N) is 2. The van der Waals surface area contributed by atoms with Crippen molar-refractivity contribution in [1.82, 2.24) is 5.32 Å². The highest BCUT2D eigenvalue weighted by atomic mass is 35.5. The molecule has 1 aromatic rings. The van der Waals surface area contributed by atoms with Crippen LogP contribution in [-0.2, 0) is 4.79 Å². The highest BCUT2D eigenvalue weighted by Crippen LogP contribution is 2.29. The molecule has 0 saturated carbocycles. The third-order valence-corrected chi connectivity index (χ3v) is 4.08. The number of carbonyl (C=O) groups excluding carboxylic acids is 1. The van der Waals surface area contributed by atoms with E-state index < -0.39 is 0 Å². The van der Waals surface area contributed by atoms with Gasteiger partial charge in [0, 0.05) is 11.4 Å². The van der Waals surface area contributed by atoms with Gasteiger partial charge in [-0.05, 0) is 37.0 Å². The fraction of sp³-hybridized carbons (Fsp3) is 0.312. The Morgan fingerprint density at radius 3 is 2.87 bits per heavy atom. The van der Waals surface area contributed by atoms with Crippen LogP contribution in [0.2, 0.25) is 0 Å². The normalized spacial score (nSPS) is 15.7. The van der Waals surface area contributed by atoms with Crippen molar-refractivity contribution in [3.05, 3.63) is 35.5 Å². The Hall–Kier alpha value is -1.79. The molecule has 0 saturated heterocycles. The average Bonchev–Trinajstić information content (AvgIpc) is 2.98. The standard InChI is InChI=1S/C16H17N3O2S.ClH/c1-3-8-21-13-9-10(22-2)4-5-11(13)15-18-12-6-7-17-16(20)14(12)19-15;/h4-6,9H,3,7-8H2,1-2H3,(H,17,20);1H. The lowest BCUT2D eigenvalue weighted by atomic mass is 10.2. The minimum absolute atomic E-state index is 0. The number of amidine groups is 1. The van der Waals surface area contributed by atoms with Gasteiger partial charge in [-0.15, -0.1) is 24.2 Å². The Bertz CT molecular complexity index is 713. The maximum absolute atomic E-state index is 11.8. The summed E-state index contributed by atoms with van der Waals surface area (Å²) in [5, 5.41) is 2.74. The van der Waals surface area contributed by atoms with Crippen LogP contribution < -0.4 is 10.1 Å². The van der Waals surface area contributed by atoms with Crippen molar-refractivity contribution in [1.29, 1.82) is 0 Å². The second kappa shape index (κ2) is 7.66. The van der Waals surface area contributed by atoms with Gasteiger partial charge in [-0.3, -0.25) is 4.79 Å². The monoisotopic (exact) mass is 351 g/mol. The minimum Gasteiger partial charge on any atom is -0.493 e. The Labute approximate surface area is 145 Å². The first-order valence-corrected chi connectivity index (χ1v) is 8.42. The van der Waals surface area contributed by atoms with E-state index in [1.807, 2.05) is 30.5 Å². The molecular formula is C16H18ClN3O2S. The maximum atomic E-state index is 11.8. The van der Waals surface area contributed by atoms with E-state index in [9.17, 15) is 4.79 Å². The zero-order valence-electron chi connectivity index (χ0n) is 13.0. The molecule has 23 heavy (non-hydrogen) atoms. The van der Waals surface area contributed by atoms with Gasteiger partial charge in [0.05, 0.1) is 17.9 Å². The number of amides is 1. The van der Waals surface area contributed by atoms with E-state index >= 15 is 0 Å². The molecule has 0 aliphatic carbocycles. The van der Waals surface area contributed by atoms with Crippen LogP contribution in [0.5, 0.6) is 5.75 Å². The van der Waals surface area contributed by atoms with Gasteiger partial charge < -0.3 is 10.1 Å². The number of benzene rings is 1. The van der Waals surface area contributed by atoms with E-state index in [1.165, 1.54) is 0 Å². The molecule has 1 N–H and O–H groups in total. The van der Waals surface area contributed by atoms with Crippen LogP contribution in [0.15, 0.2) is 44.9 Å². The molecule has 3 rings (SSSR count). The molecule has 2 heterocycles. The summed E-state index contributed by atoms with van der Waals surface area (Å²) in [7, 11) is 0. The highest BCUT2D eigenvalue weighted by Gasteiger charge is 2.27. The molecule has 1 aromatic carbocycles. The number of halogens is 1. The number of hydrogen-bond donors (Lipinski definition) is 1. The Kier molecular flexibility index (Phi) is 5.85. The Balaban J connectivity index is 0.00000192. The lowest BCUT2D eigenvalue weighted by Gasteiger charge is -2.11. The fourth-order valence-corrected chi connectivity index (χ4v) is 2.68. The number of hydrogen-bond acceptors (Lipinski definition) is 5. The van der Waals surface area contributed by atoms with Gasteiger partial charge in [-0.2, -0.15) is 0 Å². The van der Waals surface area contributed by atoms with E-state index in [1.54, 1.807) is 11.8 Å².